The number of carbonyl (C=O) groups is 4. The fourth-order valence-electron chi connectivity index (χ4n) is 3.60. The molecule has 0 aromatic carbocycles. The van der Waals surface area contributed by atoms with Gasteiger partial charge in [-0.05, 0) is 64.2 Å². The van der Waals surface area contributed by atoms with Gasteiger partial charge in [0.25, 0.3) is 0 Å². The van der Waals surface area contributed by atoms with Gasteiger partial charge in [-0.15, -0.1) is 0 Å². The first kappa shape index (κ1) is 40.2. The van der Waals surface area contributed by atoms with Crippen LogP contribution in [0.5, 0.6) is 0 Å². The van der Waals surface area contributed by atoms with E-state index in [4.69, 9.17) is 14.9 Å². The van der Waals surface area contributed by atoms with Crippen molar-refractivity contribution >= 4 is 23.8 Å². The number of hydrogen-bond acceptors (Lipinski definition) is 8. The molecular weight excluding hydrogens is 564 g/mol. The third kappa shape index (κ3) is 24.8. The van der Waals surface area contributed by atoms with E-state index in [0.29, 0.717) is 25.8 Å². The molecule has 0 radical (unpaired) electrons. The highest BCUT2D eigenvalue weighted by molar-refractivity contribution is 5.96. The summed E-state index contributed by atoms with van der Waals surface area (Å²) in [7, 11) is 1.17. The Kier molecular flexibility index (Phi) is 26.8. The standard InChI is InChI=1S/C34H52N2O8/c1-3-4-5-6-7-8-9-10-11-12-13-14-15-16-17-18-19-23-31(39)35-26-21-20-22-30(34(42)44-29(27-37)28-38)36-32(40)24-25-33(41)43-2/h4-5,7-8,10-11,13-14,16-17,24-25,29-30,37-38H,3,6,9,12,15,18-23,26-28H2,1-2H3,(H,35,39)(H,36,40)/t30-/m0/s1. The predicted octanol–water partition coefficient (Wildman–Crippen LogP) is 4.31. The zero-order valence-corrected chi connectivity index (χ0v) is 26.3. The lowest BCUT2D eigenvalue weighted by molar-refractivity contribution is -0.157. The molecule has 0 aliphatic rings. The second kappa shape index (κ2) is 29.3. The molecule has 10 nitrogen and oxygen atoms in total. The molecule has 4 N–H and O–H groups in total. The Morgan fingerprint density at radius 3 is 1.86 bits per heavy atom. The van der Waals surface area contributed by atoms with Crippen molar-refractivity contribution in [2.24, 2.45) is 0 Å². The molecule has 0 saturated carbocycles. The minimum absolute atomic E-state index is 0.0525. The van der Waals surface area contributed by atoms with E-state index in [2.05, 4.69) is 83.1 Å². The monoisotopic (exact) mass is 616 g/mol. The number of amides is 2. The highest BCUT2D eigenvalue weighted by atomic mass is 16.6. The van der Waals surface area contributed by atoms with E-state index in [1.165, 1.54) is 7.11 Å². The van der Waals surface area contributed by atoms with E-state index >= 15 is 0 Å². The number of hydrogen-bond donors (Lipinski definition) is 4. The largest absolute Gasteiger partial charge is 0.466 e. The van der Waals surface area contributed by atoms with Gasteiger partial charge in [-0.1, -0.05) is 67.7 Å². The molecule has 0 rings (SSSR count). The first-order valence-electron chi connectivity index (χ1n) is 15.4. The fourth-order valence-corrected chi connectivity index (χ4v) is 3.60. The van der Waals surface area contributed by atoms with Gasteiger partial charge in [0.15, 0.2) is 0 Å². The average molecular weight is 617 g/mol. The third-order valence-electron chi connectivity index (χ3n) is 6.04. The lowest BCUT2D eigenvalue weighted by Crippen LogP contribution is -2.43. The predicted molar refractivity (Wildman–Crippen MR) is 172 cm³/mol. The zero-order valence-electron chi connectivity index (χ0n) is 26.3. The molecule has 0 fully saturated rings. The normalized spacial score (nSPS) is 12.8. The quantitative estimate of drug-likeness (QED) is 0.0513. The average Bonchev–Trinajstić information content (AvgIpc) is 3.02. The number of unbranched alkanes of at least 4 members (excludes halogenated alkanes) is 2. The minimum Gasteiger partial charge on any atom is -0.466 e. The van der Waals surface area contributed by atoms with Crippen molar-refractivity contribution in [2.75, 3.05) is 26.9 Å². The number of esters is 2. The highest BCUT2D eigenvalue weighted by Gasteiger charge is 2.24. The van der Waals surface area contributed by atoms with Gasteiger partial charge in [0, 0.05) is 25.1 Å². The molecule has 246 valence electrons. The van der Waals surface area contributed by atoms with Crippen molar-refractivity contribution in [3.63, 3.8) is 0 Å². The molecule has 0 saturated heterocycles. The van der Waals surface area contributed by atoms with E-state index in [9.17, 15) is 19.2 Å². The first-order chi connectivity index (χ1) is 21.4. The van der Waals surface area contributed by atoms with Gasteiger partial charge < -0.3 is 30.3 Å². The van der Waals surface area contributed by atoms with Crippen LogP contribution in [-0.4, -0.2) is 73.0 Å². The summed E-state index contributed by atoms with van der Waals surface area (Å²) < 4.78 is 9.45. The van der Waals surface area contributed by atoms with Crippen LogP contribution >= 0.6 is 0 Å². The molecule has 0 aliphatic carbocycles. The van der Waals surface area contributed by atoms with Gasteiger partial charge in [0.05, 0.1) is 20.3 Å². The fraction of sp³-hybridized carbons (Fsp3) is 0.529. The Morgan fingerprint density at radius 2 is 1.32 bits per heavy atom. The molecule has 0 aromatic heterocycles. The van der Waals surface area contributed by atoms with E-state index in [1.54, 1.807) is 0 Å². The molecule has 2 amide bonds. The number of allylic oxidation sites excluding steroid dienone is 10. The van der Waals surface area contributed by atoms with Crippen LogP contribution in [0.15, 0.2) is 72.9 Å². The van der Waals surface area contributed by atoms with Gasteiger partial charge in [0.1, 0.15) is 12.1 Å². The summed E-state index contributed by atoms with van der Waals surface area (Å²) in [6.07, 6.45) is 30.2. The number of ether oxygens (including phenoxy) is 2. The maximum atomic E-state index is 12.4. The van der Waals surface area contributed by atoms with Gasteiger partial charge in [-0.3, -0.25) is 9.59 Å². The van der Waals surface area contributed by atoms with Crippen molar-refractivity contribution in [3.8, 4) is 0 Å². The minimum atomic E-state index is -1.11. The molecule has 0 aromatic rings. The van der Waals surface area contributed by atoms with E-state index in [0.717, 1.165) is 57.1 Å². The summed E-state index contributed by atoms with van der Waals surface area (Å²) in [5, 5.41) is 23.6. The maximum absolute atomic E-state index is 12.4. The number of rotatable bonds is 25. The second-order valence-electron chi connectivity index (χ2n) is 9.79. The molecule has 10 heteroatoms. The van der Waals surface area contributed by atoms with Gasteiger partial charge in [-0.25, -0.2) is 9.59 Å². The van der Waals surface area contributed by atoms with Crippen molar-refractivity contribution in [3.05, 3.63) is 72.9 Å². The van der Waals surface area contributed by atoms with Crippen LogP contribution in [0, 0.1) is 0 Å². The van der Waals surface area contributed by atoms with Crippen LogP contribution in [0.4, 0.5) is 0 Å². The van der Waals surface area contributed by atoms with Crippen LogP contribution in [0.1, 0.15) is 77.6 Å². The summed E-state index contributed by atoms with van der Waals surface area (Å²) in [5.74, 6) is -2.31. The molecular formula is C34H52N2O8. The Bertz CT molecular complexity index is 978. The smallest absolute Gasteiger partial charge is 0.330 e. The zero-order chi connectivity index (χ0) is 32.7. The molecule has 0 spiro atoms. The van der Waals surface area contributed by atoms with Crippen molar-refractivity contribution < 1.29 is 38.9 Å². The van der Waals surface area contributed by atoms with E-state index < -0.39 is 43.2 Å². The van der Waals surface area contributed by atoms with Crippen LogP contribution < -0.4 is 10.6 Å². The SMILES string of the molecule is CCC=CCC=CCC=CCC=CCC=CCCCC(=O)NCCCC[C@H](NC(=O)C=CC(=O)OC)C(=O)OC(CO)CO. The topological polar surface area (TPSA) is 151 Å². The van der Waals surface area contributed by atoms with Crippen molar-refractivity contribution in [1.29, 1.82) is 0 Å². The van der Waals surface area contributed by atoms with Crippen LogP contribution in [0.25, 0.3) is 0 Å². The number of methoxy groups -OCH3 is 1. The Labute approximate surface area is 262 Å². The van der Waals surface area contributed by atoms with Crippen LogP contribution in [-0.2, 0) is 28.7 Å². The first-order valence-corrected chi connectivity index (χ1v) is 15.4. The van der Waals surface area contributed by atoms with E-state index in [1.807, 2.05) is 0 Å². The lowest BCUT2D eigenvalue weighted by atomic mass is 10.1. The Morgan fingerprint density at radius 1 is 0.750 bits per heavy atom. The summed E-state index contributed by atoms with van der Waals surface area (Å²) in [5.41, 5.74) is 0. The number of aliphatic hydroxyl groups excluding tert-OH is 2. The molecule has 0 aliphatic heterocycles. The molecule has 0 heterocycles. The Balaban J connectivity index is 4.19. The van der Waals surface area contributed by atoms with Gasteiger partial charge in [0.2, 0.25) is 11.8 Å². The van der Waals surface area contributed by atoms with Crippen LogP contribution in [0.3, 0.4) is 0 Å². The second-order valence-corrected chi connectivity index (χ2v) is 9.79. The summed E-state index contributed by atoms with van der Waals surface area (Å²) in [6, 6.07) is -1.07. The maximum Gasteiger partial charge on any atom is 0.330 e. The highest BCUT2D eigenvalue weighted by Crippen LogP contribution is 2.06. The van der Waals surface area contributed by atoms with Gasteiger partial charge >= 0.3 is 11.9 Å². The summed E-state index contributed by atoms with van der Waals surface area (Å²) in [4.78, 5) is 47.8. The van der Waals surface area contributed by atoms with Crippen molar-refractivity contribution in [2.45, 2.75) is 89.7 Å². The lowest BCUT2D eigenvalue weighted by Gasteiger charge is -2.20. The van der Waals surface area contributed by atoms with Gasteiger partial charge in [-0.2, -0.15) is 0 Å². The summed E-state index contributed by atoms with van der Waals surface area (Å²) >= 11 is 0. The van der Waals surface area contributed by atoms with Crippen molar-refractivity contribution in [1.82, 2.24) is 10.6 Å². The number of nitrogens with one attached hydrogen (secondary N) is 2. The molecule has 1 atom stereocenters. The number of aliphatic hydroxyl groups is 2. The van der Waals surface area contributed by atoms with E-state index in [-0.39, 0.29) is 12.3 Å². The van der Waals surface area contributed by atoms with Crippen LogP contribution in [0.2, 0.25) is 0 Å². The Hall–Kier alpha value is -3.76. The molecule has 0 unspecified atom stereocenters. The third-order valence-corrected chi connectivity index (χ3v) is 6.04. The molecule has 0 bridgehead atoms. The molecule has 44 heavy (non-hydrogen) atoms. The summed E-state index contributed by atoms with van der Waals surface area (Å²) in [6.45, 7) is 1.40. The number of carbonyl (C=O) groups excluding carboxylic acids is 4.